The maximum absolute atomic E-state index is 13.0. The molecule has 4 heterocycles. The molecule has 3 fully saturated rings. The molecule has 0 radical (unpaired) electrons. The fourth-order valence-electron chi connectivity index (χ4n) is 6.41. The molecule has 1 unspecified atom stereocenters. The lowest BCUT2D eigenvalue weighted by Crippen LogP contribution is -2.49. The van der Waals surface area contributed by atoms with Gasteiger partial charge in [0.2, 0.25) is 0 Å². The molecule has 1 aromatic carbocycles. The Morgan fingerprint density at radius 1 is 1.18 bits per heavy atom. The number of fused-ring (bicyclic) bond motifs is 2. The zero-order valence-corrected chi connectivity index (χ0v) is 23.7. The summed E-state index contributed by atoms with van der Waals surface area (Å²) in [4.78, 5) is 23.4. The molecule has 3 saturated heterocycles. The highest BCUT2D eigenvalue weighted by Gasteiger charge is 2.47. The summed E-state index contributed by atoms with van der Waals surface area (Å²) in [6, 6.07) is 7.25. The first-order valence-corrected chi connectivity index (χ1v) is 14.2. The summed E-state index contributed by atoms with van der Waals surface area (Å²) in [5.74, 6) is 0.619. The molecule has 5 rings (SSSR count). The van der Waals surface area contributed by atoms with E-state index in [4.69, 9.17) is 9.47 Å². The SMILES string of the molecule is Cc1c(OCCCN(C)C2CCOC2)ccc([C@H](C)N2C[C@H]3C[C@@H]2CN3C(=O)c2ccc(C(F)(F)F)cn2)c1C. The molecule has 218 valence electrons. The van der Waals surface area contributed by atoms with Crippen molar-refractivity contribution in [2.24, 2.45) is 0 Å². The second-order valence-corrected chi connectivity index (χ2v) is 11.4. The van der Waals surface area contributed by atoms with Gasteiger partial charge in [0.15, 0.2) is 0 Å². The van der Waals surface area contributed by atoms with Gasteiger partial charge in [-0.1, -0.05) is 6.07 Å². The lowest BCUT2D eigenvalue weighted by Gasteiger charge is -2.38. The van der Waals surface area contributed by atoms with Crippen molar-refractivity contribution in [2.45, 2.75) is 70.4 Å². The van der Waals surface area contributed by atoms with Crippen LogP contribution in [0.15, 0.2) is 30.5 Å². The molecule has 2 bridgehead atoms. The number of likely N-dealkylation sites (tertiary alicyclic amines) is 2. The van der Waals surface area contributed by atoms with Crippen molar-refractivity contribution in [3.8, 4) is 5.75 Å². The summed E-state index contributed by atoms with van der Waals surface area (Å²) < 4.78 is 50.3. The van der Waals surface area contributed by atoms with Gasteiger partial charge in [-0.05, 0) is 82.0 Å². The van der Waals surface area contributed by atoms with E-state index >= 15 is 0 Å². The molecule has 2 aromatic rings. The Kier molecular flexibility index (Phi) is 8.40. The molecule has 3 aliphatic heterocycles. The number of nitrogens with zero attached hydrogens (tertiary/aromatic N) is 4. The van der Waals surface area contributed by atoms with Crippen LogP contribution in [0.25, 0.3) is 0 Å². The number of halogens is 3. The summed E-state index contributed by atoms with van der Waals surface area (Å²) in [7, 11) is 2.15. The van der Waals surface area contributed by atoms with Crippen LogP contribution < -0.4 is 4.74 Å². The minimum absolute atomic E-state index is 0.0296. The quantitative estimate of drug-likeness (QED) is 0.408. The predicted molar refractivity (Wildman–Crippen MR) is 145 cm³/mol. The largest absolute Gasteiger partial charge is 0.493 e. The van der Waals surface area contributed by atoms with Crippen LogP contribution >= 0.6 is 0 Å². The molecule has 1 aromatic heterocycles. The Morgan fingerprint density at radius 2 is 1.98 bits per heavy atom. The van der Waals surface area contributed by atoms with Crippen molar-refractivity contribution >= 4 is 5.91 Å². The number of pyridine rings is 1. The second-order valence-electron chi connectivity index (χ2n) is 11.4. The maximum Gasteiger partial charge on any atom is 0.417 e. The highest BCUT2D eigenvalue weighted by molar-refractivity contribution is 5.93. The zero-order valence-electron chi connectivity index (χ0n) is 23.7. The molecular formula is C30H39F3N4O3. The summed E-state index contributed by atoms with van der Waals surface area (Å²) in [5, 5.41) is 0. The van der Waals surface area contributed by atoms with Gasteiger partial charge in [-0.3, -0.25) is 14.7 Å². The molecule has 40 heavy (non-hydrogen) atoms. The number of piperazine rings is 1. The summed E-state index contributed by atoms with van der Waals surface area (Å²) >= 11 is 0. The summed E-state index contributed by atoms with van der Waals surface area (Å²) in [5.41, 5.74) is 2.82. The molecule has 7 nitrogen and oxygen atoms in total. The Labute approximate surface area is 234 Å². The number of amides is 1. The summed E-state index contributed by atoms with van der Waals surface area (Å²) in [6.07, 6.45) is -0.826. The van der Waals surface area contributed by atoms with E-state index in [0.29, 0.717) is 19.2 Å². The van der Waals surface area contributed by atoms with Gasteiger partial charge in [0.05, 0.1) is 18.8 Å². The molecule has 0 saturated carbocycles. The first kappa shape index (κ1) is 28.8. The van der Waals surface area contributed by atoms with E-state index in [9.17, 15) is 18.0 Å². The number of carbonyl (C=O) groups is 1. The number of ether oxygens (including phenoxy) is 2. The average molecular weight is 561 g/mol. The standard InChI is InChI=1S/C30H39F3N4O3/c1-19-20(2)28(40-12-5-11-35(4)23-10-13-39-18-23)9-7-26(19)21(3)36-16-25-14-24(36)17-37(25)29(38)27-8-6-22(15-34-27)30(31,32)33/h6-9,15,21,23-25H,5,10-14,16-18H2,1-4H3/t21-,23?,24+,25+/m0/s1. The number of hydrogen-bond donors (Lipinski definition) is 0. The highest BCUT2D eigenvalue weighted by Crippen LogP contribution is 2.39. The van der Waals surface area contributed by atoms with Gasteiger partial charge in [0.1, 0.15) is 11.4 Å². The van der Waals surface area contributed by atoms with Crippen LogP contribution in [0, 0.1) is 13.8 Å². The van der Waals surface area contributed by atoms with Crippen molar-refractivity contribution in [2.75, 3.05) is 46.5 Å². The van der Waals surface area contributed by atoms with Crippen LogP contribution in [-0.2, 0) is 10.9 Å². The highest BCUT2D eigenvalue weighted by atomic mass is 19.4. The lowest BCUT2D eigenvalue weighted by molar-refractivity contribution is -0.137. The molecular weight excluding hydrogens is 521 g/mol. The summed E-state index contributed by atoms with van der Waals surface area (Å²) in [6.45, 7) is 11.1. The fourth-order valence-corrected chi connectivity index (χ4v) is 6.41. The monoisotopic (exact) mass is 560 g/mol. The molecule has 10 heteroatoms. The Morgan fingerprint density at radius 3 is 2.60 bits per heavy atom. The smallest absolute Gasteiger partial charge is 0.417 e. The van der Waals surface area contributed by atoms with Crippen molar-refractivity contribution in [1.82, 2.24) is 19.7 Å². The number of aromatic nitrogens is 1. The van der Waals surface area contributed by atoms with E-state index in [1.165, 1.54) is 17.2 Å². The fraction of sp³-hybridized carbons (Fsp3) is 0.600. The second kappa shape index (κ2) is 11.7. The van der Waals surface area contributed by atoms with Crippen molar-refractivity contribution in [3.63, 3.8) is 0 Å². The van der Waals surface area contributed by atoms with Gasteiger partial charge in [0.25, 0.3) is 5.91 Å². The number of alkyl halides is 3. The first-order valence-electron chi connectivity index (χ1n) is 14.2. The van der Waals surface area contributed by atoms with Gasteiger partial charge in [-0.15, -0.1) is 0 Å². The average Bonchev–Trinajstić information content (AvgIpc) is 3.70. The number of benzene rings is 1. The molecule has 0 N–H and O–H groups in total. The van der Waals surface area contributed by atoms with Crippen LogP contribution in [-0.4, -0.2) is 90.2 Å². The van der Waals surface area contributed by atoms with Gasteiger partial charge < -0.3 is 19.3 Å². The van der Waals surface area contributed by atoms with Crippen LogP contribution in [0.2, 0.25) is 0 Å². The number of hydrogen-bond acceptors (Lipinski definition) is 6. The van der Waals surface area contributed by atoms with Crippen LogP contribution in [0.5, 0.6) is 5.75 Å². The third-order valence-corrected chi connectivity index (χ3v) is 9.02. The van der Waals surface area contributed by atoms with E-state index in [0.717, 1.165) is 69.1 Å². The normalized spacial score (nSPS) is 23.8. The minimum atomic E-state index is -4.47. The van der Waals surface area contributed by atoms with Crippen LogP contribution in [0.3, 0.4) is 0 Å². The van der Waals surface area contributed by atoms with Crippen molar-refractivity contribution in [3.05, 3.63) is 58.4 Å². The lowest BCUT2D eigenvalue weighted by atomic mass is 9.96. The maximum atomic E-state index is 13.0. The third-order valence-electron chi connectivity index (χ3n) is 9.02. The zero-order chi connectivity index (χ0) is 28.6. The molecule has 1 amide bonds. The molecule has 3 aliphatic rings. The van der Waals surface area contributed by atoms with Crippen LogP contribution in [0.1, 0.15) is 65.0 Å². The van der Waals surface area contributed by atoms with Crippen molar-refractivity contribution < 1.29 is 27.4 Å². The Hall–Kier alpha value is -2.69. The van der Waals surface area contributed by atoms with Gasteiger partial charge >= 0.3 is 6.18 Å². The van der Waals surface area contributed by atoms with Crippen molar-refractivity contribution in [1.29, 1.82) is 0 Å². The Bertz CT molecular complexity index is 1200. The number of carbonyl (C=O) groups excluding carboxylic acids is 1. The van der Waals surface area contributed by atoms with E-state index in [1.807, 2.05) is 0 Å². The first-order chi connectivity index (χ1) is 19.0. The van der Waals surface area contributed by atoms with Crippen LogP contribution in [0.4, 0.5) is 13.2 Å². The van der Waals surface area contributed by atoms with Gasteiger partial charge in [-0.25, -0.2) is 0 Å². The van der Waals surface area contributed by atoms with E-state index < -0.39 is 11.7 Å². The molecule has 0 aliphatic carbocycles. The topological polar surface area (TPSA) is 58.1 Å². The van der Waals surface area contributed by atoms with Gasteiger partial charge in [0, 0.05) is 56.6 Å². The van der Waals surface area contributed by atoms with E-state index in [-0.39, 0.29) is 29.7 Å². The van der Waals surface area contributed by atoms with E-state index in [1.54, 1.807) is 4.90 Å². The third kappa shape index (κ3) is 5.85. The van der Waals surface area contributed by atoms with Gasteiger partial charge in [-0.2, -0.15) is 13.2 Å². The predicted octanol–water partition coefficient (Wildman–Crippen LogP) is 4.87. The minimum Gasteiger partial charge on any atom is -0.493 e. The number of rotatable bonds is 9. The number of likely N-dealkylation sites (N-methyl/N-ethyl adjacent to an activating group) is 1. The Balaban J connectivity index is 1.16. The van der Waals surface area contributed by atoms with E-state index in [2.05, 4.69) is 54.7 Å². The molecule has 4 atom stereocenters. The molecule has 0 spiro atoms.